The SMILES string of the molecule is CC1(NC(=O)OC(C)(C)C)CN(c2ccc(C3CCC(=O)NC3=O)cc2Cl)C1. The molecule has 7 nitrogen and oxygen atoms in total. The number of imide groups is 1. The largest absolute Gasteiger partial charge is 0.444 e. The smallest absolute Gasteiger partial charge is 0.408 e. The Morgan fingerprint density at radius 2 is 2.00 bits per heavy atom. The van der Waals surface area contributed by atoms with Crippen molar-refractivity contribution in [3.05, 3.63) is 28.8 Å². The van der Waals surface area contributed by atoms with E-state index < -0.39 is 17.2 Å². The van der Waals surface area contributed by atoms with Gasteiger partial charge in [-0.2, -0.15) is 0 Å². The van der Waals surface area contributed by atoms with E-state index in [1.165, 1.54) is 0 Å². The number of amides is 3. The summed E-state index contributed by atoms with van der Waals surface area (Å²) in [6.07, 6.45) is 0.382. The van der Waals surface area contributed by atoms with Crippen molar-refractivity contribution in [1.82, 2.24) is 10.6 Å². The molecule has 3 amide bonds. The van der Waals surface area contributed by atoms with Gasteiger partial charge >= 0.3 is 6.09 Å². The molecule has 1 atom stereocenters. The van der Waals surface area contributed by atoms with Crippen molar-refractivity contribution in [2.75, 3.05) is 18.0 Å². The highest BCUT2D eigenvalue weighted by atomic mass is 35.5. The Morgan fingerprint density at radius 1 is 1.32 bits per heavy atom. The average Bonchev–Trinajstić information content (AvgIpc) is 2.50. The van der Waals surface area contributed by atoms with Crippen LogP contribution < -0.4 is 15.5 Å². The molecule has 2 heterocycles. The molecule has 8 heteroatoms. The third-order valence-electron chi connectivity index (χ3n) is 4.84. The molecule has 28 heavy (non-hydrogen) atoms. The van der Waals surface area contributed by atoms with E-state index >= 15 is 0 Å². The number of anilines is 1. The highest BCUT2D eigenvalue weighted by Gasteiger charge is 2.42. The molecule has 1 unspecified atom stereocenters. The monoisotopic (exact) mass is 407 g/mol. The van der Waals surface area contributed by atoms with Crippen molar-refractivity contribution in [3.63, 3.8) is 0 Å². The molecule has 152 valence electrons. The lowest BCUT2D eigenvalue weighted by atomic mass is 9.89. The van der Waals surface area contributed by atoms with Crippen molar-refractivity contribution in [3.8, 4) is 0 Å². The first-order valence-corrected chi connectivity index (χ1v) is 9.73. The lowest BCUT2D eigenvalue weighted by molar-refractivity contribution is -0.134. The Labute approximate surface area is 169 Å². The lowest BCUT2D eigenvalue weighted by Gasteiger charge is -2.49. The number of nitrogens with zero attached hydrogens (tertiary/aromatic N) is 1. The van der Waals surface area contributed by atoms with Gasteiger partial charge in [-0.1, -0.05) is 17.7 Å². The standard InChI is InChI=1S/C20H26ClN3O4/c1-19(2,3)28-18(27)23-20(4)10-24(11-20)15-7-5-12(9-14(15)21)13-6-8-16(25)22-17(13)26/h5,7,9,13H,6,8,10-11H2,1-4H3,(H,23,27)(H,22,25,26). The molecule has 2 aliphatic heterocycles. The molecule has 0 bridgehead atoms. The second-order valence-corrected chi connectivity index (χ2v) is 9.17. The van der Waals surface area contributed by atoms with E-state index in [1.807, 2.05) is 39.8 Å². The minimum Gasteiger partial charge on any atom is -0.444 e. The second-order valence-electron chi connectivity index (χ2n) is 8.76. The van der Waals surface area contributed by atoms with Crippen LogP contribution in [0.5, 0.6) is 0 Å². The molecule has 0 saturated carbocycles. The fourth-order valence-electron chi connectivity index (χ4n) is 3.60. The lowest BCUT2D eigenvalue weighted by Crippen LogP contribution is -2.69. The van der Waals surface area contributed by atoms with Crippen LogP contribution in [0.15, 0.2) is 18.2 Å². The fraction of sp³-hybridized carbons (Fsp3) is 0.550. The van der Waals surface area contributed by atoms with Crippen LogP contribution in [0.2, 0.25) is 5.02 Å². The van der Waals surface area contributed by atoms with E-state index in [4.69, 9.17) is 16.3 Å². The Kier molecular flexibility index (Phi) is 5.32. The Balaban J connectivity index is 1.62. The van der Waals surface area contributed by atoms with E-state index in [0.29, 0.717) is 31.0 Å². The zero-order valence-corrected chi connectivity index (χ0v) is 17.4. The molecule has 0 radical (unpaired) electrons. The predicted molar refractivity (Wildman–Crippen MR) is 107 cm³/mol. The number of benzene rings is 1. The minimum atomic E-state index is -0.543. The molecule has 0 spiro atoms. The summed E-state index contributed by atoms with van der Waals surface area (Å²) in [6, 6.07) is 5.54. The maximum atomic E-state index is 12.1. The Morgan fingerprint density at radius 3 is 2.57 bits per heavy atom. The van der Waals surface area contributed by atoms with E-state index in [0.717, 1.165) is 11.3 Å². The van der Waals surface area contributed by atoms with Gasteiger partial charge in [0.25, 0.3) is 0 Å². The molecule has 1 aromatic carbocycles. The second kappa shape index (κ2) is 7.28. The third kappa shape index (κ3) is 4.58. The third-order valence-corrected chi connectivity index (χ3v) is 5.14. The summed E-state index contributed by atoms with van der Waals surface area (Å²) in [4.78, 5) is 37.4. The highest BCUT2D eigenvalue weighted by molar-refractivity contribution is 6.33. The molecule has 0 aromatic heterocycles. The number of alkyl carbamates (subject to hydrolysis) is 1. The van der Waals surface area contributed by atoms with Crippen LogP contribution in [0.4, 0.5) is 10.5 Å². The zero-order chi connectivity index (χ0) is 20.7. The van der Waals surface area contributed by atoms with Crippen molar-refractivity contribution < 1.29 is 19.1 Å². The first kappa shape index (κ1) is 20.5. The van der Waals surface area contributed by atoms with Gasteiger partial charge in [-0.25, -0.2) is 4.79 Å². The molecule has 0 aliphatic carbocycles. The summed E-state index contributed by atoms with van der Waals surface area (Å²) in [5.41, 5.74) is 0.711. The van der Waals surface area contributed by atoms with Gasteiger partial charge in [0.2, 0.25) is 11.8 Å². The summed E-state index contributed by atoms with van der Waals surface area (Å²) >= 11 is 6.47. The van der Waals surface area contributed by atoms with Crippen LogP contribution in [0, 0.1) is 0 Å². The normalized spacial score (nSPS) is 21.6. The molecule has 2 fully saturated rings. The number of halogens is 1. The molecule has 3 rings (SSSR count). The average molecular weight is 408 g/mol. The van der Waals surface area contributed by atoms with Gasteiger partial charge < -0.3 is 15.0 Å². The van der Waals surface area contributed by atoms with Gasteiger partial charge in [0, 0.05) is 19.5 Å². The van der Waals surface area contributed by atoms with Gasteiger partial charge in [0.05, 0.1) is 22.2 Å². The van der Waals surface area contributed by atoms with Crippen molar-refractivity contribution in [2.45, 2.75) is 57.6 Å². The summed E-state index contributed by atoms with van der Waals surface area (Å²) in [5, 5.41) is 5.82. The summed E-state index contributed by atoms with van der Waals surface area (Å²) in [5.74, 6) is -0.876. The van der Waals surface area contributed by atoms with Crippen molar-refractivity contribution in [1.29, 1.82) is 0 Å². The van der Waals surface area contributed by atoms with Crippen LogP contribution in [0.3, 0.4) is 0 Å². The number of hydrogen-bond acceptors (Lipinski definition) is 5. The van der Waals surface area contributed by atoms with Gasteiger partial charge in [-0.3, -0.25) is 14.9 Å². The molecule has 1 aromatic rings. The first-order valence-electron chi connectivity index (χ1n) is 9.35. The summed E-state index contributed by atoms with van der Waals surface area (Å²) < 4.78 is 5.32. The van der Waals surface area contributed by atoms with Gasteiger partial charge in [0.1, 0.15) is 5.60 Å². The van der Waals surface area contributed by atoms with Gasteiger partial charge in [0.15, 0.2) is 0 Å². The van der Waals surface area contributed by atoms with Crippen LogP contribution in [0.25, 0.3) is 0 Å². The van der Waals surface area contributed by atoms with E-state index in [1.54, 1.807) is 6.07 Å². The maximum absolute atomic E-state index is 12.1. The highest BCUT2D eigenvalue weighted by Crippen LogP contribution is 2.36. The van der Waals surface area contributed by atoms with Crippen LogP contribution in [-0.2, 0) is 14.3 Å². The summed E-state index contributed by atoms with van der Waals surface area (Å²) in [7, 11) is 0. The van der Waals surface area contributed by atoms with E-state index in [2.05, 4.69) is 15.5 Å². The number of piperidine rings is 1. The van der Waals surface area contributed by atoms with Crippen LogP contribution >= 0.6 is 11.6 Å². The van der Waals surface area contributed by atoms with Crippen molar-refractivity contribution >= 4 is 35.2 Å². The Bertz CT molecular complexity index is 812. The van der Waals surface area contributed by atoms with Crippen LogP contribution in [-0.4, -0.2) is 42.1 Å². The maximum Gasteiger partial charge on any atom is 0.408 e. The zero-order valence-electron chi connectivity index (χ0n) is 16.6. The number of ether oxygens (including phenoxy) is 1. The van der Waals surface area contributed by atoms with Gasteiger partial charge in [-0.05, 0) is 51.8 Å². The quantitative estimate of drug-likeness (QED) is 0.752. The topological polar surface area (TPSA) is 87.7 Å². The number of carbonyl (C=O) groups excluding carboxylic acids is 3. The van der Waals surface area contributed by atoms with Crippen molar-refractivity contribution in [2.24, 2.45) is 0 Å². The minimum absolute atomic E-state index is 0.235. The fourth-order valence-corrected chi connectivity index (χ4v) is 3.91. The predicted octanol–water partition coefficient (Wildman–Crippen LogP) is 2.96. The van der Waals surface area contributed by atoms with E-state index in [9.17, 15) is 14.4 Å². The molecule has 2 saturated heterocycles. The number of rotatable bonds is 3. The summed E-state index contributed by atoms with van der Waals surface area (Å²) in [6.45, 7) is 8.63. The number of carbonyl (C=O) groups is 3. The molecule has 2 N–H and O–H groups in total. The molecular weight excluding hydrogens is 382 g/mol. The Hall–Kier alpha value is -2.28. The number of nitrogens with one attached hydrogen (secondary N) is 2. The van der Waals surface area contributed by atoms with Gasteiger partial charge in [-0.15, -0.1) is 0 Å². The molecular formula is C20H26ClN3O4. The van der Waals surface area contributed by atoms with E-state index in [-0.39, 0.29) is 17.7 Å². The molecule has 2 aliphatic rings. The number of hydrogen-bond donors (Lipinski definition) is 2. The first-order chi connectivity index (χ1) is 13.0. The van der Waals surface area contributed by atoms with Crippen LogP contribution in [0.1, 0.15) is 52.0 Å².